The van der Waals surface area contributed by atoms with Crippen LogP contribution in [0.5, 0.6) is 0 Å². The summed E-state index contributed by atoms with van der Waals surface area (Å²) in [6.45, 7) is 7.00. The van der Waals surface area contributed by atoms with Crippen molar-refractivity contribution in [2.24, 2.45) is 5.84 Å². The molecular weight excluding hydrogens is 254 g/mol. The molecule has 0 aliphatic heterocycles. The summed E-state index contributed by atoms with van der Waals surface area (Å²) in [6, 6.07) is 2.01. The lowest BCUT2D eigenvalue weighted by Crippen LogP contribution is -2.23. The van der Waals surface area contributed by atoms with Gasteiger partial charge in [0.1, 0.15) is 17.5 Å². The predicted octanol–water partition coefficient (Wildman–Crippen LogP) is 1.58. The quantitative estimate of drug-likeness (QED) is 0.547. The van der Waals surface area contributed by atoms with Crippen molar-refractivity contribution in [3.63, 3.8) is 0 Å². The Labute approximate surface area is 118 Å². The van der Waals surface area contributed by atoms with Gasteiger partial charge in [0, 0.05) is 37.0 Å². The van der Waals surface area contributed by atoms with Gasteiger partial charge in [0.25, 0.3) is 0 Å². The van der Waals surface area contributed by atoms with Gasteiger partial charge in [-0.15, -0.1) is 0 Å². The van der Waals surface area contributed by atoms with Crippen LogP contribution in [-0.2, 0) is 6.54 Å². The number of hydrazine groups is 1. The molecule has 2 heterocycles. The first kappa shape index (κ1) is 14.3. The minimum atomic E-state index is 0.213. The van der Waals surface area contributed by atoms with Crippen molar-refractivity contribution in [1.29, 1.82) is 0 Å². The molecule has 2 rings (SSSR count). The van der Waals surface area contributed by atoms with Gasteiger partial charge in [0.15, 0.2) is 0 Å². The normalized spacial score (nSPS) is 12.4. The zero-order chi connectivity index (χ0) is 14.5. The Morgan fingerprint density at radius 1 is 1.25 bits per heavy atom. The number of aromatic nitrogens is 4. The van der Waals surface area contributed by atoms with E-state index in [0.717, 1.165) is 18.2 Å². The maximum atomic E-state index is 5.45. The van der Waals surface area contributed by atoms with Crippen LogP contribution in [0, 0.1) is 0 Å². The summed E-state index contributed by atoms with van der Waals surface area (Å²) in [5, 5.41) is 3.35. The van der Waals surface area contributed by atoms with E-state index >= 15 is 0 Å². The van der Waals surface area contributed by atoms with Gasteiger partial charge in [-0.05, 0) is 6.92 Å². The molecule has 0 radical (unpaired) electrons. The Hall–Kier alpha value is -2.15. The fourth-order valence-corrected chi connectivity index (χ4v) is 1.88. The summed E-state index contributed by atoms with van der Waals surface area (Å²) in [6.07, 6.45) is 5.50. The first-order valence-electron chi connectivity index (χ1n) is 6.66. The van der Waals surface area contributed by atoms with E-state index in [-0.39, 0.29) is 12.0 Å². The minimum Gasteiger partial charge on any atom is -0.366 e. The molecule has 0 saturated heterocycles. The lowest BCUT2D eigenvalue weighted by molar-refractivity contribution is 0.616. The average Bonchev–Trinajstić information content (AvgIpc) is 2.90. The van der Waals surface area contributed by atoms with E-state index < -0.39 is 0 Å². The highest BCUT2D eigenvalue weighted by Gasteiger charge is 2.10. The van der Waals surface area contributed by atoms with Crippen molar-refractivity contribution in [3.05, 3.63) is 30.6 Å². The molecule has 2 aromatic rings. The molecule has 0 fully saturated rings. The summed E-state index contributed by atoms with van der Waals surface area (Å²) >= 11 is 0. The van der Waals surface area contributed by atoms with Gasteiger partial charge in [0.05, 0.1) is 6.33 Å². The Kier molecular flexibility index (Phi) is 4.52. The molecule has 0 aliphatic rings. The third-order valence-electron chi connectivity index (χ3n) is 2.85. The van der Waals surface area contributed by atoms with Crippen LogP contribution in [0.2, 0.25) is 0 Å². The van der Waals surface area contributed by atoms with Crippen LogP contribution in [0.15, 0.2) is 24.8 Å². The predicted molar refractivity (Wildman–Crippen MR) is 79.2 cm³/mol. The summed E-state index contributed by atoms with van der Waals surface area (Å²) in [4.78, 5) is 12.9. The Morgan fingerprint density at radius 3 is 2.60 bits per heavy atom. The Balaban J connectivity index is 2.09. The third kappa shape index (κ3) is 3.67. The number of hydrogen-bond acceptors (Lipinski definition) is 6. The van der Waals surface area contributed by atoms with E-state index in [1.807, 2.05) is 24.6 Å². The van der Waals surface area contributed by atoms with Crippen LogP contribution < -0.4 is 16.6 Å². The van der Waals surface area contributed by atoms with Gasteiger partial charge in [-0.3, -0.25) is 0 Å². The zero-order valence-electron chi connectivity index (χ0n) is 12.0. The molecule has 0 saturated carbocycles. The van der Waals surface area contributed by atoms with Gasteiger partial charge in [0.2, 0.25) is 0 Å². The molecule has 1 atom stereocenters. The van der Waals surface area contributed by atoms with Crippen molar-refractivity contribution < 1.29 is 0 Å². The lowest BCUT2D eigenvalue weighted by atomic mass is 10.2. The van der Waals surface area contributed by atoms with E-state index in [9.17, 15) is 0 Å². The van der Waals surface area contributed by atoms with Crippen LogP contribution in [0.4, 0.5) is 11.6 Å². The standard InChI is InChI=1S/C13H21N7/c1-9(2)13-17-11(6-12(18-13)19-14)16-10(3)7-20-5-4-15-8-20/h4-6,8-10H,7,14H2,1-3H3,(H2,16,17,18,19). The number of rotatable bonds is 6. The maximum Gasteiger partial charge on any atom is 0.145 e. The first-order chi connectivity index (χ1) is 9.58. The molecule has 0 aromatic carbocycles. The second-order valence-corrected chi connectivity index (χ2v) is 5.10. The second kappa shape index (κ2) is 6.33. The molecule has 0 amide bonds. The Morgan fingerprint density at radius 2 is 2.00 bits per heavy atom. The second-order valence-electron chi connectivity index (χ2n) is 5.10. The molecular formula is C13H21N7. The highest BCUT2D eigenvalue weighted by atomic mass is 15.3. The first-order valence-corrected chi connectivity index (χ1v) is 6.66. The molecule has 108 valence electrons. The van der Waals surface area contributed by atoms with Crippen molar-refractivity contribution in [3.8, 4) is 0 Å². The monoisotopic (exact) mass is 275 g/mol. The van der Waals surface area contributed by atoms with Gasteiger partial charge in [-0.25, -0.2) is 20.8 Å². The minimum absolute atomic E-state index is 0.213. The molecule has 0 bridgehead atoms. The largest absolute Gasteiger partial charge is 0.366 e. The number of imidazole rings is 1. The van der Waals surface area contributed by atoms with Gasteiger partial charge in [-0.1, -0.05) is 13.8 Å². The maximum absolute atomic E-state index is 5.45. The number of nitrogen functional groups attached to an aromatic ring is 1. The van der Waals surface area contributed by atoms with Crippen LogP contribution in [0.25, 0.3) is 0 Å². The van der Waals surface area contributed by atoms with E-state index in [1.54, 1.807) is 18.6 Å². The van der Waals surface area contributed by atoms with E-state index in [4.69, 9.17) is 5.84 Å². The SMILES string of the molecule is CC(Cn1ccnc1)Nc1cc(NN)nc(C(C)C)n1. The summed E-state index contributed by atoms with van der Waals surface area (Å²) < 4.78 is 2.02. The van der Waals surface area contributed by atoms with Crippen LogP contribution in [-0.4, -0.2) is 25.6 Å². The fourth-order valence-electron chi connectivity index (χ4n) is 1.88. The summed E-state index contributed by atoms with van der Waals surface area (Å²) in [7, 11) is 0. The third-order valence-corrected chi connectivity index (χ3v) is 2.85. The average molecular weight is 275 g/mol. The van der Waals surface area contributed by atoms with Gasteiger partial charge in [-0.2, -0.15) is 0 Å². The molecule has 7 nitrogen and oxygen atoms in total. The molecule has 1 unspecified atom stereocenters. The van der Waals surface area contributed by atoms with E-state index in [0.29, 0.717) is 5.82 Å². The lowest BCUT2D eigenvalue weighted by Gasteiger charge is -2.17. The summed E-state index contributed by atoms with van der Waals surface area (Å²) in [5.41, 5.74) is 2.58. The van der Waals surface area contributed by atoms with E-state index in [1.165, 1.54) is 0 Å². The van der Waals surface area contributed by atoms with Gasteiger partial charge < -0.3 is 15.3 Å². The van der Waals surface area contributed by atoms with Crippen LogP contribution in [0.3, 0.4) is 0 Å². The fraction of sp³-hybridized carbons (Fsp3) is 0.462. The molecule has 0 spiro atoms. The molecule has 2 aromatic heterocycles. The number of hydrogen-bond donors (Lipinski definition) is 3. The number of nitrogens with two attached hydrogens (primary N) is 1. The highest BCUT2D eigenvalue weighted by molar-refractivity contribution is 5.47. The zero-order valence-corrected chi connectivity index (χ0v) is 12.0. The van der Waals surface area contributed by atoms with E-state index in [2.05, 4.69) is 32.6 Å². The van der Waals surface area contributed by atoms with Crippen molar-refractivity contribution in [2.75, 3.05) is 10.7 Å². The molecule has 7 heteroatoms. The van der Waals surface area contributed by atoms with Crippen LogP contribution in [0.1, 0.15) is 32.5 Å². The Bertz CT molecular complexity index is 536. The van der Waals surface area contributed by atoms with Gasteiger partial charge >= 0.3 is 0 Å². The number of nitrogens with one attached hydrogen (secondary N) is 2. The molecule has 20 heavy (non-hydrogen) atoms. The molecule has 4 N–H and O–H groups in total. The highest BCUT2D eigenvalue weighted by Crippen LogP contribution is 2.17. The number of anilines is 2. The van der Waals surface area contributed by atoms with Crippen molar-refractivity contribution >= 4 is 11.6 Å². The van der Waals surface area contributed by atoms with Crippen molar-refractivity contribution in [1.82, 2.24) is 19.5 Å². The summed E-state index contributed by atoms with van der Waals surface area (Å²) in [5.74, 6) is 7.83. The van der Waals surface area contributed by atoms with Crippen molar-refractivity contribution in [2.45, 2.75) is 39.3 Å². The molecule has 0 aliphatic carbocycles. The number of nitrogens with zero attached hydrogens (tertiary/aromatic N) is 4. The topological polar surface area (TPSA) is 93.7 Å². The van der Waals surface area contributed by atoms with Crippen LogP contribution >= 0.6 is 0 Å². The smallest absolute Gasteiger partial charge is 0.145 e.